The molecule has 5 heteroatoms. The van der Waals surface area contributed by atoms with Crippen molar-refractivity contribution in [1.82, 2.24) is 4.98 Å². The Kier molecular flexibility index (Phi) is 4.63. The largest absolute Gasteiger partial charge is 0.369 e. The summed E-state index contributed by atoms with van der Waals surface area (Å²) >= 11 is 0. The maximum atomic E-state index is 11.7. The van der Waals surface area contributed by atoms with Crippen LogP contribution in [0.15, 0.2) is 49.2 Å². The van der Waals surface area contributed by atoms with Gasteiger partial charge in [-0.3, -0.25) is 9.59 Å². The molecule has 0 saturated heterocycles. The van der Waals surface area contributed by atoms with E-state index in [1.807, 2.05) is 50.4 Å². The number of aryl methyl sites for hydroxylation is 1. The van der Waals surface area contributed by atoms with Gasteiger partial charge in [-0.15, -0.1) is 0 Å². The van der Waals surface area contributed by atoms with Gasteiger partial charge in [-0.05, 0) is 53.8 Å². The van der Waals surface area contributed by atoms with Crippen molar-refractivity contribution in [3.8, 4) is 11.1 Å². The highest BCUT2D eigenvalue weighted by Gasteiger charge is 2.15. The number of carbonyl (C=O) groups excluding carboxylic acids is 2. The molecule has 26 heavy (non-hydrogen) atoms. The van der Waals surface area contributed by atoms with Crippen LogP contribution in [0.4, 0.5) is 5.69 Å². The molecule has 1 aromatic heterocycles. The molecule has 0 saturated carbocycles. The quantitative estimate of drug-likeness (QED) is 0.616. The Hall–Kier alpha value is -3.34. The third kappa shape index (κ3) is 3.11. The van der Waals surface area contributed by atoms with Crippen LogP contribution in [0.5, 0.6) is 0 Å². The normalized spacial score (nSPS) is 10.7. The first-order valence-electron chi connectivity index (χ1n) is 8.33. The van der Waals surface area contributed by atoms with Crippen molar-refractivity contribution in [3.05, 3.63) is 65.9 Å². The molecule has 3 aromatic rings. The number of hydrogen-bond acceptors (Lipinski definition) is 2. The lowest BCUT2D eigenvalue weighted by Gasteiger charge is -2.14. The maximum absolute atomic E-state index is 11.7. The lowest BCUT2D eigenvalue weighted by molar-refractivity contribution is -0.117. The zero-order valence-corrected chi connectivity index (χ0v) is 14.8. The second kappa shape index (κ2) is 6.88. The van der Waals surface area contributed by atoms with E-state index in [1.54, 1.807) is 0 Å². The van der Waals surface area contributed by atoms with E-state index in [4.69, 9.17) is 5.73 Å². The molecule has 1 heterocycles. The van der Waals surface area contributed by atoms with Crippen LogP contribution in [0, 0.1) is 13.8 Å². The van der Waals surface area contributed by atoms with Crippen molar-refractivity contribution in [2.24, 2.45) is 5.73 Å². The smallest absolute Gasteiger partial charge is 0.247 e. The Labute approximate surface area is 151 Å². The molecule has 4 N–H and O–H groups in total. The van der Waals surface area contributed by atoms with Crippen LogP contribution >= 0.6 is 0 Å². The highest BCUT2D eigenvalue weighted by atomic mass is 16.1. The number of aromatic nitrogens is 1. The van der Waals surface area contributed by atoms with Crippen LogP contribution in [0.25, 0.3) is 22.0 Å². The minimum absolute atomic E-state index is 0.186. The molecule has 3 rings (SSSR count). The number of nitrogens with two attached hydrogens (primary N) is 1. The number of H-pyrrole nitrogens is 1. The van der Waals surface area contributed by atoms with E-state index in [1.165, 1.54) is 6.08 Å². The number of nitrogens with one attached hydrogen (secondary N) is 2. The zero-order chi connectivity index (χ0) is 18.8. The van der Waals surface area contributed by atoms with Gasteiger partial charge in [0.15, 0.2) is 0 Å². The molecular formula is C21H21N3O2. The predicted molar refractivity (Wildman–Crippen MR) is 105 cm³/mol. The molecule has 0 radical (unpaired) electrons. The van der Waals surface area contributed by atoms with Crippen LogP contribution in [0.3, 0.4) is 0 Å². The van der Waals surface area contributed by atoms with E-state index in [0.717, 1.165) is 44.4 Å². The van der Waals surface area contributed by atoms with Crippen molar-refractivity contribution in [1.29, 1.82) is 0 Å². The van der Waals surface area contributed by atoms with Crippen molar-refractivity contribution >= 4 is 28.4 Å². The van der Waals surface area contributed by atoms with Crippen molar-refractivity contribution in [2.45, 2.75) is 20.3 Å². The van der Waals surface area contributed by atoms with Gasteiger partial charge < -0.3 is 16.0 Å². The second-order valence-electron chi connectivity index (χ2n) is 6.31. The number of benzene rings is 2. The molecule has 2 aromatic carbocycles. The summed E-state index contributed by atoms with van der Waals surface area (Å²) in [4.78, 5) is 26.3. The summed E-state index contributed by atoms with van der Waals surface area (Å²) < 4.78 is 0. The van der Waals surface area contributed by atoms with E-state index < -0.39 is 0 Å². The van der Waals surface area contributed by atoms with Gasteiger partial charge in [0.2, 0.25) is 11.8 Å². The van der Waals surface area contributed by atoms with Crippen LogP contribution in [0.1, 0.15) is 16.7 Å². The summed E-state index contributed by atoms with van der Waals surface area (Å²) in [7, 11) is 0. The number of carbonyl (C=O) groups is 2. The van der Waals surface area contributed by atoms with Crippen LogP contribution in [-0.2, 0) is 16.0 Å². The standard InChI is InChI=1S/C21H21N3O2/c1-4-19(26)24-17-7-5-6-15(13(17)3)16-9-8-14(10-18(22)25)21-20(16)12(2)11-23-21/h4-9,11,23H,1,10H2,2-3H3,(H2,22,25)(H,24,26). The van der Waals surface area contributed by atoms with Crippen molar-refractivity contribution in [2.75, 3.05) is 5.32 Å². The van der Waals surface area contributed by atoms with E-state index in [9.17, 15) is 9.59 Å². The summed E-state index contributed by atoms with van der Waals surface area (Å²) in [5.41, 5.74) is 12.0. The molecule has 2 amide bonds. The number of amides is 2. The van der Waals surface area contributed by atoms with Gasteiger partial charge >= 0.3 is 0 Å². The number of primary amides is 1. The van der Waals surface area contributed by atoms with Gasteiger partial charge in [-0.2, -0.15) is 0 Å². The summed E-state index contributed by atoms with van der Waals surface area (Å²) in [6.07, 6.45) is 3.36. The van der Waals surface area contributed by atoms with Gasteiger partial charge in [-0.25, -0.2) is 0 Å². The molecule has 5 nitrogen and oxygen atoms in total. The minimum Gasteiger partial charge on any atom is -0.369 e. The van der Waals surface area contributed by atoms with Crippen molar-refractivity contribution < 1.29 is 9.59 Å². The molecule has 0 unspecified atom stereocenters. The molecule has 0 fully saturated rings. The molecule has 0 aliphatic heterocycles. The fraction of sp³-hybridized carbons (Fsp3) is 0.143. The lowest BCUT2D eigenvalue weighted by atomic mass is 9.93. The summed E-state index contributed by atoms with van der Waals surface area (Å²) in [5.74, 6) is -0.610. The number of rotatable bonds is 5. The van der Waals surface area contributed by atoms with Gasteiger partial charge in [0.05, 0.1) is 11.9 Å². The van der Waals surface area contributed by atoms with E-state index in [0.29, 0.717) is 0 Å². The first-order chi connectivity index (χ1) is 12.4. The topological polar surface area (TPSA) is 88.0 Å². The Morgan fingerprint density at radius 3 is 2.65 bits per heavy atom. The zero-order valence-electron chi connectivity index (χ0n) is 14.8. The SMILES string of the molecule is C=CC(=O)Nc1cccc(-c2ccc(CC(N)=O)c3[nH]cc(C)c23)c1C. The highest BCUT2D eigenvalue weighted by molar-refractivity contribution is 6.03. The van der Waals surface area contributed by atoms with Gasteiger partial charge in [0.25, 0.3) is 0 Å². The molecule has 0 atom stereocenters. The predicted octanol–water partition coefficient (Wildman–Crippen LogP) is 3.60. The summed E-state index contributed by atoms with van der Waals surface area (Å²) in [6.45, 7) is 7.49. The van der Waals surface area contributed by atoms with Crippen molar-refractivity contribution in [3.63, 3.8) is 0 Å². The van der Waals surface area contributed by atoms with E-state index in [-0.39, 0.29) is 18.2 Å². The number of aromatic amines is 1. The number of anilines is 1. The lowest BCUT2D eigenvalue weighted by Crippen LogP contribution is -2.14. The van der Waals surface area contributed by atoms with Crippen LogP contribution in [0.2, 0.25) is 0 Å². The van der Waals surface area contributed by atoms with E-state index >= 15 is 0 Å². The molecule has 0 aliphatic rings. The van der Waals surface area contributed by atoms with Gasteiger partial charge in [-0.1, -0.05) is 30.8 Å². The van der Waals surface area contributed by atoms with Gasteiger partial charge in [0.1, 0.15) is 0 Å². The third-order valence-electron chi connectivity index (χ3n) is 4.55. The third-order valence-corrected chi connectivity index (χ3v) is 4.55. The van der Waals surface area contributed by atoms with E-state index in [2.05, 4.69) is 16.9 Å². The summed E-state index contributed by atoms with van der Waals surface area (Å²) in [5, 5.41) is 3.89. The second-order valence-corrected chi connectivity index (χ2v) is 6.31. The average molecular weight is 347 g/mol. The first kappa shape index (κ1) is 17.5. The Balaban J connectivity index is 2.19. The monoisotopic (exact) mass is 347 g/mol. The van der Waals surface area contributed by atoms with Crippen LogP contribution in [-0.4, -0.2) is 16.8 Å². The fourth-order valence-corrected chi connectivity index (χ4v) is 3.28. The molecule has 0 spiro atoms. The summed E-state index contributed by atoms with van der Waals surface area (Å²) in [6, 6.07) is 9.72. The Bertz CT molecular complexity index is 1030. The van der Waals surface area contributed by atoms with Crippen LogP contribution < -0.4 is 11.1 Å². The maximum Gasteiger partial charge on any atom is 0.247 e. The fourth-order valence-electron chi connectivity index (χ4n) is 3.28. The average Bonchev–Trinajstić information content (AvgIpc) is 2.99. The molecule has 132 valence electrons. The van der Waals surface area contributed by atoms with Gasteiger partial charge in [0, 0.05) is 17.3 Å². The Morgan fingerprint density at radius 1 is 1.19 bits per heavy atom. The highest BCUT2D eigenvalue weighted by Crippen LogP contribution is 2.36. The molecular weight excluding hydrogens is 326 g/mol. The molecule has 0 aliphatic carbocycles. The first-order valence-corrected chi connectivity index (χ1v) is 8.33. The number of fused-ring (bicyclic) bond motifs is 1. The Morgan fingerprint density at radius 2 is 1.96 bits per heavy atom. The number of hydrogen-bond donors (Lipinski definition) is 3. The minimum atomic E-state index is -0.364. The molecule has 0 bridgehead atoms.